The van der Waals surface area contributed by atoms with E-state index in [2.05, 4.69) is 5.10 Å². The van der Waals surface area contributed by atoms with Crippen LogP contribution >= 0.6 is 11.6 Å². The highest BCUT2D eigenvalue weighted by Crippen LogP contribution is 2.25. The van der Waals surface area contributed by atoms with Gasteiger partial charge in [0.2, 0.25) is 0 Å². The molecule has 1 heterocycles. The number of nitriles is 1. The van der Waals surface area contributed by atoms with Gasteiger partial charge in [-0.15, -0.1) is 0 Å². The van der Waals surface area contributed by atoms with Crippen LogP contribution in [0.2, 0.25) is 5.02 Å². The molecule has 108 valence electrons. The van der Waals surface area contributed by atoms with E-state index in [0.717, 1.165) is 10.9 Å². The molecule has 22 heavy (non-hydrogen) atoms. The van der Waals surface area contributed by atoms with E-state index in [9.17, 15) is 4.79 Å². The van der Waals surface area contributed by atoms with Crippen molar-refractivity contribution in [1.29, 1.82) is 5.26 Å². The lowest BCUT2D eigenvalue weighted by Gasteiger charge is -2.10. The Morgan fingerprint density at radius 1 is 1.09 bits per heavy atom. The van der Waals surface area contributed by atoms with Gasteiger partial charge in [0, 0.05) is 16.0 Å². The zero-order valence-electron chi connectivity index (χ0n) is 11.7. The van der Waals surface area contributed by atoms with Crippen LogP contribution in [0.5, 0.6) is 0 Å². The third-order valence-corrected chi connectivity index (χ3v) is 3.67. The summed E-state index contributed by atoms with van der Waals surface area (Å²) < 4.78 is 1.36. The van der Waals surface area contributed by atoms with Crippen LogP contribution in [0.3, 0.4) is 0 Å². The molecule has 0 saturated carbocycles. The second-order valence-electron chi connectivity index (χ2n) is 4.84. The number of hydrogen-bond donors (Lipinski definition) is 0. The number of fused-ring (bicyclic) bond motifs is 1. The SMILES string of the molecule is N#CCCn1nc(-c2ccc(Cl)cc2)c2ccccc2c1=O. The first-order chi connectivity index (χ1) is 10.7. The first kappa shape index (κ1) is 14.3. The van der Waals surface area contributed by atoms with Crippen molar-refractivity contribution < 1.29 is 0 Å². The van der Waals surface area contributed by atoms with Gasteiger partial charge in [-0.05, 0) is 18.2 Å². The van der Waals surface area contributed by atoms with Crippen molar-refractivity contribution in [3.63, 3.8) is 0 Å². The van der Waals surface area contributed by atoms with Crippen LogP contribution in [0.15, 0.2) is 53.3 Å². The summed E-state index contributed by atoms with van der Waals surface area (Å²) in [7, 11) is 0. The predicted molar refractivity (Wildman–Crippen MR) is 86.7 cm³/mol. The van der Waals surface area contributed by atoms with Gasteiger partial charge in [0.05, 0.1) is 30.1 Å². The summed E-state index contributed by atoms with van der Waals surface area (Å²) in [6, 6.07) is 16.7. The minimum absolute atomic E-state index is 0.177. The van der Waals surface area contributed by atoms with Crippen LogP contribution in [0.25, 0.3) is 22.0 Å². The lowest BCUT2D eigenvalue weighted by atomic mass is 10.1. The fourth-order valence-electron chi connectivity index (χ4n) is 2.36. The van der Waals surface area contributed by atoms with E-state index in [1.54, 1.807) is 18.2 Å². The van der Waals surface area contributed by atoms with E-state index in [1.807, 2.05) is 36.4 Å². The molecule has 3 rings (SSSR count). The molecule has 2 aromatic carbocycles. The maximum atomic E-state index is 12.4. The first-order valence-electron chi connectivity index (χ1n) is 6.83. The first-order valence-corrected chi connectivity index (χ1v) is 7.21. The number of halogens is 1. The monoisotopic (exact) mass is 309 g/mol. The van der Waals surface area contributed by atoms with Crippen LogP contribution in [-0.2, 0) is 6.54 Å². The predicted octanol–water partition coefficient (Wildman–Crippen LogP) is 3.63. The molecule has 0 spiro atoms. The van der Waals surface area contributed by atoms with Crippen molar-refractivity contribution in [3.8, 4) is 17.3 Å². The molecule has 0 aliphatic carbocycles. The van der Waals surface area contributed by atoms with Gasteiger partial charge in [-0.2, -0.15) is 10.4 Å². The topological polar surface area (TPSA) is 58.7 Å². The van der Waals surface area contributed by atoms with Gasteiger partial charge in [-0.1, -0.05) is 41.9 Å². The number of rotatable bonds is 3. The molecule has 0 atom stereocenters. The van der Waals surface area contributed by atoms with Crippen molar-refractivity contribution in [2.75, 3.05) is 0 Å². The molecule has 0 amide bonds. The summed E-state index contributed by atoms with van der Waals surface area (Å²) in [5.74, 6) is 0. The Labute approximate surface area is 132 Å². The van der Waals surface area contributed by atoms with Gasteiger partial charge in [0.1, 0.15) is 0 Å². The second-order valence-corrected chi connectivity index (χ2v) is 5.27. The molecule has 0 aliphatic heterocycles. The van der Waals surface area contributed by atoms with Crippen LogP contribution < -0.4 is 5.56 Å². The van der Waals surface area contributed by atoms with Gasteiger partial charge in [0.25, 0.3) is 5.56 Å². The fraction of sp³-hybridized carbons (Fsp3) is 0.118. The minimum Gasteiger partial charge on any atom is -0.267 e. The largest absolute Gasteiger partial charge is 0.274 e. The zero-order valence-corrected chi connectivity index (χ0v) is 12.4. The molecule has 0 bridgehead atoms. The molecule has 0 N–H and O–H groups in total. The maximum absolute atomic E-state index is 12.4. The lowest BCUT2D eigenvalue weighted by molar-refractivity contribution is 0.598. The fourth-order valence-corrected chi connectivity index (χ4v) is 2.49. The summed E-state index contributed by atoms with van der Waals surface area (Å²) >= 11 is 5.93. The lowest BCUT2D eigenvalue weighted by Crippen LogP contribution is -2.23. The van der Waals surface area contributed by atoms with E-state index in [-0.39, 0.29) is 18.5 Å². The molecule has 0 aliphatic rings. The molecule has 0 unspecified atom stereocenters. The Balaban J connectivity index is 2.28. The van der Waals surface area contributed by atoms with E-state index in [0.29, 0.717) is 16.1 Å². The van der Waals surface area contributed by atoms with Gasteiger partial charge in [-0.3, -0.25) is 4.79 Å². The van der Waals surface area contributed by atoms with Gasteiger partial charge in [-0.25, -0.2) is 4.68 Å². The van der Waals surface area contributed by atoms with Crippen molar-refractivity contribution in [2.45, 2.75) is 13.0 Å². The summed E-state index contributed by atoms with van der Waals surface area (Å²) in [6.07, 6.45) is 0.241. The highest BCUT2D eigenvalue weighted by atomic mass is 35.5. The maximum Gasteiger partial charge on any atom is 0.274 e. The Morgan fingerprint density at radius 3 is 2.45 bits per heavy atom. The Kier molecular flexibility index (Phi) is 3.90. The molecule has 5 heteroatoms. The summed E-state index contributed by atoms with van der Waals surface area (Å²) in [4.78, 5) is 12.4. The Morgan fingerprint density at radius 2 is 1.77 bits per heavy atom. The van der Waals surface area contributed by atoms with Gasteiger partial charge < -0.3 is 0 Å². The molecule has 0 radical (unpaired) electrons. The van der Waals surface area contributed by atoms with Gasteiger partial charge in [0.15, 0.2) is 0 Å². The standard InChI is InChI=1S/C17H12ClN3O/c18-13-8-6-12(7-9-13)16-14-4-1-2-5-15(14)17(22)21(20-16)11-3-10-19/h1-2,4-9H,3,11H2. The molecule has 3 aromatic rings. The van der Waals surface area contributed by atoms with E-state index < -0.39 is 0 Å². The van der Waals surface area contributed by atoms with Crippen LogP contribution in [0, 0.1) is 11.3 Å². The molecule has 1 aromatic heterocycles. The highest BCUT2D eigenvalue weighted by Gasteiger charge is 2.11. The number of aryl methyl sites for hydroxylation is 1. The van der Waals surface area contributed by atoms with Crippen LogP contribution in [0.4, 0.5) is 0 Å². The normalized spacial score (nSPS) is 10.5. The number of benzene rings is 2. The third kappa shape index (κ3) is 2.59. The number of aromatic nitrogens is 2. The average molecular weight is 310 g/mol. The van der Waals surface area contributed by atoms with Gasteiger partial charge >= 0.3 is 0 Å². The quantitative estimate of drug-likeness (QED) is 0.742. The second kappa shape index (κ2) is 6.00. The molecule has 0 saturated heterocycles. The molecule has 0 fully saturated rings. The van der Waals surface area contributed by atoms with E-state index in [4.69, 9.17) is 16.9 Å². The minimum atomic E-state index is -0.177. The zero-order chi connectivity index (χ0) is 15.5. The van der Waals surface area contributed by atoms with E-state index >= 15 is 0 Å². The van der Waals surface area contributed by atoms with Crippen molar-refractivity contribution >= 4 is 22.4 Å². The molecular formula is C17H12ClN3O. The van der Waals surface area contributed by atoms with E-state index in [1.165, 1.54) is 4.68 Å². The van der Waals surface area contributed by atoms with Crippen molar-refractivity contribution in [1.82, 2.24) is 9.78 Å². The molecule has 4 nitrogen and oxygen atoms in total. The summed E-state index contributed by atoms with van der Waals surface area (Å²) in [6.45, 7) is 0.279. The van der Waals surface area contributed by atoms with Crippen molar-refractivity contribution in [3.05, 3.63) is 63.9 Å². The number of nitrogens with zero attached hydrogens (tertiary/aromatic N) is 3. The Hall–Kier alpha value is -2.64. The molecular weight excluding hydrogens is 298 g/mol. The summed E-state index contributed by atoms with van der Waals surface area (Å²) in [5, 5.41) is 15.2. The number of hydrogen-bond acceptors (Lipinski definition) is 3. The smallest absolute Gasteiger partial charge is 0.267 e. The van der Waals surface area contributed by atoms with Crippen molar-refractivity contribution in [2.24, 2.45) is 0 Å². The third-order valence-electron chi connectivity index (χ3n) is 3.42. The highest BCUT2D eigenvalue weighted by molar-refractivity contribution is 6.30. The van der Waals surface area contributed by atoms with Crippen LogP contribution in [-0.4, -0.2) is 9.78 Å². The van der Waals surface area contributed by atoms with Crippen LogP contribution in [0.1, 0.15) is 6.42 Å². The average Bonchev–Trinajstić information content (AvgIpc) is 2.55. The Bertz CT molecular complexity index is 923. The summed E-state index contributed by atoms with van der Waals surface area (Å²) in [5.41, 5.74) is 1.42.